The van der Waals surface area contributed by atoms with Crippen LogP contribution in [0.15, 0.2) is 41.3 Å². The predicted molar refractivity (Wildman–Crippen MR) is 116 cm³/mol. The highest BCUT2D eigenvalue weighted by atomic mass is 32.2. The molecule has 0 saturated heterocycles. The Hall–Kier alpha value is -3.11. The maximum Gasteiger partial charge on any atom is 0.243 e. The third-order valence-electron chi connectivity index (χ3n) is 4.19. The van der Waals surface area contributed by atoms with Crippen LogP contribution in [0, 0.1) is 6.92 Å². The molecule has 9 nitrogen and oxygen atoms in total. The van der Waals surface area contributed by atoms with Crippen molar-refractivity contribution in [3.05, 3.63) is 42.0 Å². The Balaban J connectivity index is 2.13. The summed E-state index contributed by atoms with van der Waals surface area (Å²) in [6.45, 7) is 3.00. The Labute approximate surface area is 176 Å². The van der Waals surface area contributed by atoms with Gasteiger partial charge in [0.2, 0.25) is 21.8 Å². The summed E-state index contributed by atoms with van der Waals surface area (Å²) in [6.07, 6.45) is 0. The highest BCUT2D eigenvalue weighted by Gasteiger charge is 2.20. The van der Waals surface area contributed by atoms with E-state index in [1.54, 1.807) is 37.3 Å². The molecule has 30 heavy (non-hydrogen) atoms. The number of amides is 2. The van der Waals surface area contributed by atoms with Crippen molar-refractivity contribution < 1.29 is 22.7 Å². The number of aryl methyl sites for hydroxylation is 1. The first kappa shape index (κ1) is 23.2. The van der Waals surface area contributed by atoms with Gasteiger partial charge in [0.15, 0.2) is 0 Å². The topological polar surface area (TPSA) is 117 Å². The lowest BCUT2D eigenvalue weighted by atomic mass is 10.2. The zero-order valence-corrected chi connectivity index (χ0v) is 18.4. The Bertz CT molecular complexity index is 1050. The molecule has 162 valence electrons. The number of anilines is 3. The number of sulfonamides is 1. The van der Waals surface area contributed by atoms with Gasteiger partial charge >= 0.3 is 0 Å². The number of nitrogens with zero attached hydrogens (tertiary/aromatic N) is 1. The van der Waals surface area contributed by atoms with Crippen LogP contribution in [0.1, 0.15) is 12.5 Å². The number of nitrogens with one attached hydrogen (secondary N) is 3. The van der Waals surface area contributed by atoms with Gasteiger partial charge in [0.1, 0.15) is 5.75 Å². The lowest BCUT2D eigenvalue weighted by Gasteiger charge is -2.16. The maximum absolute atomic E-state index is 12.4. The van der Waals surface area contributed by atoms with E-state index in [1.807, 2.05) is 0 Å². The van der Waals surface area contributed by atoms with E-state index in [-0.39, 0.29) is 23.3 Å². The summed E-state index contributed by atoms with van der Waals surface area (Å²) in [4.78, 5) is 23.8. The molecule has 2 rings (SSSR count). The molecule has 0 spiro atoms. The molecular formula is C20H26N4O5S. The van der Waals surface area contributed by atoms with Gasteiger partial charge in [0.05, 0.1) is 24.2 Å². The van der Waals surface area contributed by atoms with Gasteiger partial charge in [-0.15, -0.1) is 0 Å². The summed E-state index contributed by atoms with van der Waals surface area (Å²) in [5.74, 6) is -0.167. The van der Waals surface area contributed by atoms with Gasteiger partial charge in [0.25, 0.3) is 0 Å². The Morgan fingerprint density at radius 1 is 1.03 bits per heavy atom. The van der Waals surface area contributed by atoms with E-state index in [0.717, 1.165) is 4.31 Å². The fourth-order valence-electron chi connectivity index (χ4n) is 2.65. The van der Waals surface area contributed by atoms with E-state index in [9.17, 15) is 18.0 Å². The predicted octanol–water partition coefficient (Wildman–Crippen LogP) is 2.26. The molecule has 0 aliphatic heterocycles. The number of methoxy groups -OCH3 is 1. The number of ether oxygens (including phenoxy) is 1. The average molecular weight is 435 g/mol. The van der Waals surface area contributed by atoms with Crippen LogP contribution in [0.5, 0.6) is 5.75 Å². The highest BCUT2D eigenvalue weighted by Crippen LogP contribution is 2.28. The normalized spacial score (nSPS) is 11.1. The minimum Gasteiger partial charge on any atom is -0.495 e. The van der Waals surface area contributed by atoms with Crippen molar-refractivity contribution in [1.82, 2.24) is 4.31 Å². The van der Waals surface area contributed by atoms with Crippen molar-refractivity contribution in [2.75, 3.05) is 43.7 Å². The molecule has 2 aromatic rings. The fourth-order valence-corrected chi connectivity index (χ4v) is 3.79. The first-order chi connectivity index (χ1) is 14.0. The molecule has 2 aromatic carbocycles. The number of carbonyl (C=O) groups excluding carboxylic acids is 2. The molecule has 2 amide bonds. The van der Waals surface area contributed by atoms with Crippen molar-refractivity contribution in [2.45, 2.75) is 18.7 Å². The van der Waals surface area contributed by atoms with Gasteiger partial charge in [0, 0.05) is 32.4 Å². The molecule has 0 aliphatic rings. The second-order valence-corrected chi connectivity index (χ2v) is 8.89. The molecule has 0 aliphatic carbocycles. The first-order valence-corrected chi connectivity index (χ1v) is 10.5. The molecular weight excluding hydrogens is 408 g/mol. The summed E-state index contributed by atoms with van der Waals surface area (Å²) >= 11 is 0. The molecule has 0 aromatic heterocycles. The van der Waals surface area contributed by atoms with E-state index in [0.29, 0.717) is 28.4 Å². The molecule has 0 heterocycles. The molecule has 0 unspecified atom stereocenters. The summed E-state index contributed by atoms with van der Waals surface area (Å²) in [5, 5.41) is 8.28. The number of rotatable bonds is 8. The molecule has 0 radical (unpaired) electrons. The van der Waals surface area contributed by atoms with Gasteiger partial charge in [-0.25, -0.2) is 12.7 Å². The first-order valence-electron chi connectivity index (χ1n) is 9.07. The molecule has 0 atom stereocenters. The van der Waals surface area contributed by atoms with Gasteiger partial charge in [-0.05, 0) is 42.8 Å². The van der Waals surface area contributed by atoms with E-state index in [1.165, 1.54) is 34.2 Å². The summed E-state index contributed by atoms with van der Waals surface area (Å²) in [5.41, 5.74) is 2.02. The largest absolute Gasteiger partial charge is 0.495 e. The third-order valence-corrected chi connectivity index (χ3v) is 6.15. The minimum atomic E-state index is -3.60. The Morgan fingerprint density at radius 2 is 1.70 bits per heavy atom. The zero-order valence-electron chi connectivity index (χ0n) is 17.6. The van der Waals surface area contributed by atoms with E-state index in [4.69, 9.17) is 4.74 Å². The second kappa shape index (κ2) is 9.59. The van der Waals surface area contributed by atoms with Gasteiger partial charge in [-0.1, -0.05) is 6.07 Å². The van der Waals surface area contributed by atoms with Crippen LogP contribution in [-0.2, 0) is 19.6 Å². The van der Waals surface area contributed by atoms with Crippen LogP contribution in [0.3, 0.4) is 0 Å². The second-order valence-electron chi connectivity index (χ2n) is 6.77. The highest BCUT2D eigenvalue weighted by molar-refractivity contribution is 7.89. The average Bonchev–Trinajstić information content (AvgIpc) is 2.66. The monoisotopic (exact) mass is 434 g/mol. The van der Waals surface area contributed by atoms with Crippen molar-refractivity contribution >= 4 is 38.9 Å². The zero-order chi connectivity index (χ0) is 22.5. The number of hydrogen-bond acceptors (Lipinski definition) is 6. The molecule has 3 N–H and O–H groups in total. The van der Waals surface area contributed by atoms with Gasteiger partial charge < -0.3 is 20.7 Å². The van der Waals surface area contributed by atoms with Crippen molar-refractivity contribution in [1.29, 1.82) is 0 Å². The van der Waals surface area contributed by atoms with E-state index >= 15 is 0 Å². The molecule has 0 bridgehead atoms. The van der Waals surface area contributed by atoms with E-state index < -0.39 is 10.0 Å². The van der Waals surface area contributed by atoms with Crippen molar-refractivity contribution in [2.24, 2.45) is 0 Å². The fraction of sp³-hybridized carbons (Fsp3) is 0.300. The smallest absolute Gasteiger partial charge is 0.243 e. The van der Waals surface area contributed by atoms with Crippen molar-refractivity contribution in [3.63, 3.8) is 0 Å². The number of carbonyl (C=O) groups is 2. The molecule has 0 saturated carbocycles. The molecule has 0 fully saturated rings. The Kier molecular flexibility index (Phi) is 7.41. The van der Waals surface area contributed by atoms with Crippen LogP contribution < -0.4 is 20.7 Å². The summed E-state index contributed by atoms with van der Waals surface area (Å²) < 4.78 is 31.3. The van der Waals surface area contributed by atoms with Gasteiger partial charge in [-0.3, -0.25) is 9.59 Å². The summed E-state index contributed by atoms with van der Waals surface area (Å²) in [7, 11) is 0.800. The van der Waals surface area contributed by atoms with Crippen LogP contribution in [0.4, 0.5) is 17.1 Å². The lowest BCUT2D eigenvalue weighted by molar-refractivity contribution is -0.115. The Morgan fingerprint density at radius 3 is 2.30 bits per heavy atom. The number of hydrogen-bond donors (Lipinski definition) is 3. The van der Waals surface area contributed by atoms with Crippen LogP contribution in [0.2, 0.25) is 0 Å². The standard InChI is InChI=1S/C20H26N4O5S/c1-13-6-7-15(11-19(13)30(27,28)24(3)4)21-12-20(26)23-17-10-16(22-14(2)25)8-9-18(17)29-5/h6-11,21H,12H2,1-5H3,(H,22,25)(H,23,26). The van der Waals surface area contributed by atoms with E-state index in [2.05, 4.69) is 16.0 Å². The molecule has 10 heteroatoms. The van der Waals surface area contributed by atoms with Crippen LogP contribution in [0.25, 0.3) is 0 Å². The number of benzene rings is 2. The third kappa shape index (κ3) is 5.71. The lowest BCUT2D eigenvalue weighted by Crippen LogP contribution is -2.24. The van der Waals surface area contributed by atoms with Crippen LogP contribution in [-0.4, -0.2) is 52.3 Å². The maximum atomic E-state index is 12.4. The SMILES string of the molecule is COc1ccc(NC(C)=O)cc1NC(=O)CNc1ccc(C)c(S(=O)(=O)N(C)C)c1. The summed E-state index contributed by atoms with van der Waals surface area (Å²) in [6, 6.07) is 9.76. The van der Waals surface area contributed by atoms with Gasteiger partial charge in [-0.2, -0.15) is 0 Å². The minimum absolute atomic E-state index is 0.0992. The quantitative estimate of drug-likeness (QED) is 0.587. The van der Waals surface area contributed by atoms with Crippen LogP contribution >= 0.6 is 0 Å². The van der Waals surface area contributed by atoms with Crippen molar-refractivity contribution in [3.8, 4) is 5.75 Å².